The van der Waals surface area contributed by atoms with E-state index in [9.17, 15) is 0 Å². The maximum Gasteiger partial charge on any atom is 0.246 e. The molecule has 0 radical (unpaired) electrons. The Morgan fingerprint density at radius 1 is 0.600 bits per heavy atom. The Bertz CT molecular complexity index is 2270. The van der Waals surface area contributed by atoms with Gasteiger partial charge in [0.15, 0.2) is 0 Å². The largest absolute Gasteiger partial charge is 0.436 e. The van der Waals surface area contributed by atoms with Crippen LogP contribution >= 0.6 is 11.3 Å². The summed E-state index contributed by atoms with van der Waals surface area (Å²) < 4.78 is 8.81. The van der Waals surface area contributed by atoms with Gasteiger partial charge in [0.2, 0.25) is 5.71 Å². The molecule has 0 atom stereocenters. The van der Waals surface area contributed by atoms with Gasteiger partial charge in [0.25, 0.3) is 0 Å². The van der Waals surface area contributed by atoms with E-state index in [4.69, 9.17) is 14.4 Å². The summed E-state index contributed by atoms with van der Waals surface area (Å²) in [5.41, 5.74) is 10.2. The molecule has 3 nitrogen and oxygen atoms in total. The number of fused-ring (bicyclic) bond motifs is 7. The molecule has 5 aromatic carbocycles. The lowest BCUT2D eigenvalue weighted by Gasteiger charge is -2.19. The van der Waals surface area contributed by atoms with Crippen molar-refractivity contribution in [3.63, 3.8) is 0 Å². The summed E-state index contributed by atoms with van der Waals surface area (Å²) in [7, 11) is 0. The lowest BCUT2D eigenvalue weighted by Crippen LogP contribution is -2.10. The van der Waals surface area contributed by atoms with Crippen LogP contribution < -0.4 is 0 Å². The number of hydrogen-bond acceptors (Lipinski definition) is 4. The highest BCUT2D eigenvalue weighted by molar-refractivity contribution is 7.26. The molecular weight excluding hydrogens is 508 g/mol. The van der Waals surface area contributed by atoms with Crippen LogP contribution in [0.15, 0.2) is 108 Å². The second-order valence-electron chi connectivity index (χ2n) is 11.5. The van der Waals surface area contributed by atoms with Gasteiger partial charge >= 0.3 is 0 Å². The molecule has 3 aromatic heterocycles. The minimum Gasteiger partial charge on any atom is -0.436 e. The molecule has 0 spiro atoms. The maximum absolute atomic E-state index is 6.08. The predicted octanol–water partition coefficient (Wildman–Crippen LogP) is 10.5. The Balaban J connectivity index is 1.28. The van der Waals surface area contributed by atoms with E-state index in [1.54, 1.807) is 0 Å². The molecule has 0 N–H and O–H groups in total. The molecule has 40 heavy (non-hydrogen) atoms. The van der Waals surface area contributed by atoms with Crippen LogP contribution in [-0.2, 0) is 5.41 Å². The summed E-state index contributed by atoms with van der Waals surface area (Å²) in [6.45, 7) is 6.89. The lowest BCUT2D eigenvalue weighted by atomic mass is 9.86. The third-order valence-corrected chi connectivity index (χ3v) is 9.11. The summed E-state index contributed by atoms with van der Waals surface area (Å²) in [6, 6.07) is 36.5. The highest BCUT2D eigenvalue weighted by atomic mass is 32.1. The molecule has 4 heteroatoms. The zero-order valence-corrected chi connectivity index (χ0v) is 23.3. The average molecular weight is 535 g/mol. The van der Waals surface area contributed by atoms with Gasteiger partial charge in [-0.25, -0.2) is 9.97 Å². The minimum absolute atomic E-state index is 0.0903. The number of furan rings is 1. The van der Waals surface area contributed by atoms with Gasteiger partial charge in [-0.15, -0.1) is 11.3 Å². The zero-order chi connectivity index (χ0) is 27.0. The second-order valence-corrected chi connectivity index (χ2v) is 12.5. The number of nitrogens with zero attached hydrogens (tertiary/aromatic N) is 2. The monoisotopic (exact) mass is 534 g/mol. The molecule has 0 aliphatic rings. The molecule has 0 bridgehead atoms. The van der Waals surface area contributed by atoms with E-state index in [0.717, 1.165) is 38.6 Å². The Hall–Kier alpha value is -4.54. The summed E-state index contributed by atoms with van der Waals surface area (Å²) in [5.74, 6) is 0. The predicted molar refractivity (Wildman–Crippen MR) is 169 cm³/mol. The van der Waals surface area contributed by atoms with Crippen molar-refractivity contribution in [1.82, 2.24) is 9.97 Å². The molecule has 0 aliphatic carbocycles. The van der Waals surface area contributed by atoms with Crippen molar-refractivity contribution >= 4 is 64.7 Å². The first-order valence-electron chi connectivity index (χ1n) is 13.6. The normalized spacial score (nSPS) is 12.4. The SMILES string of the molecule is CC(C)(C)c1cccc2c1sc1c(-c3cccc(-c4ccc5oc6nc7ccccc7nc6c5c4)c3)cccc12. The van der Waals surface area contributed by atoms with Crippen molar-refractivity contribution in [3.05, 3.63) is 109 Å². The first-order chi connectivity index (χ1) is 19.4. The third-order valence-electron chi connectivity index (χ3n) is 7.82. The summed E-state index contributed by atoms with van der Waals surface area (Å²) in [4.78, 5) is 9.60. The van der Waals surface area contributed by atoms with Crippen LogP contribution in [0, 0.1) is 0 Å². The average Bonchev–Trinajstić information content (AvgIpc) is 3.53. The molecule has 8 rings (SSSR count). The molecule has 0 unspecified atom stereocenters. The summed E-state index contributed by atoms with van der Waals surface area (Å²) >= 11 is 1.92. The quantitative estimate of drug-likeness (QED) is 0.221. The molecule has 0 saturated heterocycles. The fourth-order valence-corrected chi connectivity index (χ4v) is 7.38. The Kier molecular flexibility index (Phi) is 4.95. The van der Waals surface area contributed by atoms with Crippen LogP contribution in [0.2, 0.25) is 0 Å². The molecule has 192 valence electrons. The van der Waals surface area contributed by atoms with E-state index >= 15 is 0 Å². The van der Waals surface area contributed by atoms with E-state index < -0.39 is 0 Å². The molecule has 0 aliphatic heterocycles. The van der Waals surface area contributed by atoms with Crippen LogP contribution in [-0.4, -0.2) is 9.97 Å². The van der Waals surface area contributed by atoms with Crippen LogP contribution in [0.1, 0.15) is 26.3 Å². The Morgan fingerprint density at radius 2 is 1.30 bits per heavy atom. The van der Waals surface area contributed by atoms with Crippen LogP contribution in [0.5, 0.6) is 0 Å². The van der Waals surface area contributed by atoms with Gasteiger partial charge < -0.3 is 4.42 Å². The molecular formula is C36H26N2OS. The number of benzene rings is 5. The van der Waals surface area contributed by atoms with Gasteiger partial charge in [0.1, 0.15) is 11.1 Å². The van der Waals surface area contributed by atoms with Crippen molar-refractivity contribution in [2.75, 3.05) is 0 Å². The van der Waals surface area contributed by atoms with Gasteiger partial charge in [0.05, 0.1) is 11.0 Å². The molecule has 0 saturated carbocycles. The second kappa shape index (κ2) is 8.48. The van der Waals surface area contributed by atoms with Gasteiger partial charge in [-0.3, -0.25) is 0 Å². The van der Waals surface area contributed by atoms with Crippen molar-refractivity contribution in [2.45, 2.75) is 26.2 Å². The van der Waals surface area contributed by atoms with Crippen molar-refractivity contribution in [2.24, 2.45) is 0 Å². The van der Waals surface area contributed by atoms with Gasteiger partial charge in [-0.1, -0.05) is 93.6 Å². The minimum atomic E-state index is 0.0903. The van der Waals surface area contributed by atoms with Gasteiger partial charge in [0, 0.05) is 25.6 Å². The maximum atomic E-state index is 6.08. The Labute approximate surface area is 235 Å². The van der Waals surface area contributed by atoms with Crippen LogP contribution in [0.4, 0.5) is 0 Å². The molecule has 3 heterocycles. The summed E-state index contributed by atoms with van der Waals surface area (Å²) in [6.07, 6.45) is 0. The van der Waals surface area contributed by atoms with E-state index in [-0.39, 0.29) is 5.41 Å². The zero-order valence-electron chi connectivity index (χ0n) is 22.5. The first kappa shape index (κ1) is 23.4. The highest BCUT2D eigenvalue weighted by Gasteiger charge is 2.20. The number of aromatic nitrogens is 2. The van der Waals surface area contributed by atoms with Gasteiger partial charge in [-0.05, 0) is 63.6 Å². The number of para-hydroxylation sites is 2. The molecule has 0 amide bonds. The number of hydrogen-bond donors (Lipinski definition) is 0. The van der Waals surface area contributed by atoms with E-state index in [2.05, 4.69) is 93.6 Å². The Morgan fingerprint density at radius 3 is 2.12 bits per heavy atom. The van der Waals surface area contributed by atoms with Crippen molar-refractivity contribution < 1.29 is 4.42 Å². The van der Waals surface area contributed by atoms with E-state index in [0.29, 0.717) is 5.71 Å². The highest BCUT2D eigenvalue weighted by Crippen LogP contribution is 2.44. The van der Waals surface area contributed by atoms with E-state index in [1.165, 1.54) is 36.9 Å². The fourth-order valence-electron chi connectivity index (χ4n) is 5.82. The molecule has 8 aromatic rings. The number of rotatable bonds is 2. The van der Waals surface area contributed by atoms with Crippen molar-refractivity contribution in [3.8, 4) is 22.3 Å². The van der Waals surface area contributed by atoms with Crippen LogP contribution in [0.3, 0.4) is 0 Å². The topological polar surface area (TPSA) is 38.9 Å². The fraction of sp³-hybridized carbons (Fsp3) is 0.111. The van der Waals surface area contributed by atoms with E-state index in [1.807, 2.05) is 41.7 Å². The van der Waals surface area contributed by atoms with Gasteiger partial charge in [-0.2, -0.15) is 0 Å². The first-order valence-corrected chi connectivity index (χ1v) is 14.4. The number of thiophene rings is 1. The molecule has 0 fully saturated rings. The van der Waals surface area contributed by atoms with Crippen molar-refractivity contribution in [1.29, 1.82) is 0 Å². The van der Waals surface area contributed by atoms with Crippen LogP contribution in [0.25, 0.3) is 75.7 Å². The standard InChI is InChI=1S/C36H26N2OS/c1-36(2,3)28-14-8-13-26-25-12-7-11-24(33(25)40-34(26)28)23-10-6-9-21(19-23)22-17-18-31-27(20-22)32-35(39-31)38-30-16-5-4-15-29(30)37-32/h4-20H,1-3H3. The smallest absolute Gasteiger partial charge is 0.246 e. The lowest BCUT2D eigenvalue weighted by molar-refractivity contribution is 0.597. The summed E-state index contributed by atoms with van der Waals surface area (Å²) in [5, 5.41) is 3.65. The third kappa shape index (κ3) is 3.56.